The van der Waals surface area contributed by atoms with Crippen LogP contribution in [0.25, 0.3) is 0 Å². The molecule has 0 unspecified atom stereocenters. The van der Waals surface area contributed by atoms with Crippen LogP contribution in [0.2, 0.25) is 0 Å². The summed E-state index contributed by atoms with van der Waals surface area (Å²) in [5.74, 6) is -2.31. The zero-order valence-corrected chi connectivity index (χ0v) is 19.6. The Morgan fingerprint density at radius 1 is 1.00 bits per heavy atom. The first-order chi connectivity index (χ1) is 16.9. The van der Waals surface area contributed by atoms with E-state index < -0.39 is 28.7 Å². The fraction of sp³-hybridized carbons (Fsp3) is 0.167. The van der Waals surface area contributed by atoms with Gasteiger partial charge in [0, 0.05) is 16.9 Å². The molecule has 3 rings (SSSR count). The Morgan fingerprint density at radius 3 is 2.28 bits per heavy atom. The molecule has 0 aliphatic heterocycles. The van der Waals surface area contributed by atoms with Crippen LogP contribution in [0.5, 0.6) is 5.75 Å². The summed E-state index contributed by atoms with van der Waals surface area (Å²) in [5, 5.41) is 7.44. The summed E-state index contributed by atoms with van der Waals surface area (Å²) in [5.41, 5.74) is 6.40. The van der Waals surface area contributed by atoms with Gasteiger partial charge < -0.3 is 15.4 Å². The molecule has 36 heavy (non-hydrogen) atoms. The molecule has 0 fully saturated rings. The van der Waals surface area contributed by atoms with Gasteiger partial charge in [-0.25, -0.2) is 8.42 Å². The molecular formula is C24H23F3N4O4S. The smallest absolute Gasteiger partial charge is 0.471 e. The van der Waals surface area contributed by atoms with E-state index in [9.17, 15) is 26.4 Å². The van der Waals surface area contributed by atoms with Crippen LogP contribution < -0.4 is 20.1 Å². The van der Waals surface area contributed by atoms with E-state index in [1.165, 1.54) is 30.3 Å². The molecule has 0 atom stereocenters. The minimum atomic E-state index is -5.13. The Hall–Kier alpha value is -4.06. The minimum Gasteiger partial charge on any atom is -0.492 e. The molecule has 0 radical (unpaired) electrons. The second-order valence-electron chi connectivity index (χ2n) is 7.64. The number of carbonyl (C=O) groups is 1. The molecule has 0 aromatic heterocycles. The Labute approximate surface area is 206 Å². The maximum Gasteiger partial charge on any atom is 0.471 e. The Bertz CT molecular complexity index is 1320. The third-order valence-corrected chi connectivity index (χ3v) is 6.13. The lowest BCUT2D eigenvalue weighted by Gasteiger charge is -2.24. The summed E-state index contributed by atoms with van der Waals surface area (Å²) in [4.78, 5) is 12.6. The molecule has 0 aliphatic carbocycles. The number of nitrogen functional groups attached to an aromatic ring is 1. The van der Waals surface area contributed by atoms with Gasteiger partial charge in [0.15, 0.2) is 0 Å². The van der Waals surface area contributed by atoms with E-state index in [1.807, 2.05) is 0 Å². The fourth-order valence-corrected chi connectivity index (χ4v) is 4.43. The van der Waals surface area contributed by atoms with Gasteiger partial charge in [-0.3, -0.25) is 14.9 Å². The second-order valence-corrected chi connectivity index (χ2v) is 9.36. The normalized spacial score (nSPS) is 11.5. The number of nitrogens with one attached hydrogen (secondary N) is 2. The minimum absolute atomic E-state index is 0.0931. The molecule has 0 spiro atoms. The van der Waals surface area contributed by atoms with Crippen LogP contribution in [0.1, 0.15) is 11.1 Å². The number of amides is 1. The van der Waals surface area contributed by atoms with Crippen molar-refractivity contribution in [1.82, 2.24) is 0 Å². The molecule has 0 bridgehead atoms. The van der Waals surface area contributed by atoms with Gasteiger partial charge in [0.2, 0.25) is 10.0 Å². The standard InChI is InChI=1S/C24H23F3N4O4S/c25-24(26,27)23(32)31(13-14-35-21-8-4-7-18(15-21)22(28)29)20-11-9-19(10-12-20)30-36(33,34)16-17-5-2-1-3-6-17/h1-12,15,30H,13-14,16H2,(H3,28,29). The molecule has 0 aliphatic rings. The SMILES string of the molecule is N=C(N)c1cccc(OCCN(C(=O)C(F)(F)F)c2ccc(NS(=O)(=O)Cc3ccccc3)cc2)c1. The van der Waals surface area contributed by atoms with Crippen molar-refractivity contribution in [1.29, 1.82) is 5.41 Å². The van der Waals surface area contributed by atoms with Crippen LogP contribution in [0, 0.1) is 5.41 Å². The molecule has 0 saturated heterocycles. The number of rotatable bonds is 10. The molecule has 0 saturated carbocycles. The van der Waals surface area contributed by atoms with E-state index in [1.54, 1.807) is 48.5 Å². The number of benzene rings is 3. The van der Waals surface area contributed by atoms with E-state index in [0.29, 0.717) is 16.0 Å². The van der Waals surface area contributed by atoms with Crippen molar-refractivity contribution in [3.63, 3.8) is 0 Å². The number of sulfonamides is 1. The van der Waals surface area contributed by atoms with Gasteiger partial charge in [0.1, 0.15) is 18.2 Å². The quantitative estimate of drug-likeness (QED) is 0.276. The lowest BCUT2D eigenvalue weighted by atomic mass is 10.2. The number of hydrogen-bond acceptors (Lipinski definition) is 5. The monoisotopic (exact) mass is 520 g/mol. The number of ether oxygens (including phenoxy) is 1. The van der Waals surface area contributed by atoms with Crippen LogP contribution >= 0.6 is 0 Å². The number of nitrogens with two attached hydrogens (primary N) is 1. The molecule has 4 N–H and O–H groups in total. The third-order valence-electron chi connectivity index (χ3n) is 4.87. The summed E-state index contributed by atoms with van der Waals surface area (Å²) in [6.45, 7) is -0.726. The van der Waals surface area contributed by atoms with Crippen LogP contribution in [0.3, 0.4) is 0 Å². The van der Waals surface area contributed by atoms with Gasteiger partial charge >= 0.3 is 12.1 Å². The van der Waals surface area contributed by atoms with Crippen LogP contribution in [-0.4, -0.2) is 39.5 Å². The van der Waals surface area contributed by atoms with Crippen LogP contribution in [0.4, 0.5) is 24.5 Å². The number of anilines is 2. The first-order valence-corrected chi connectivity index (χ1v) is 12.2. The molecular weight excluding hydrogens is 497 g/mol. The van der Waals surface area contributed by atoms with Gasteiger partial charge in [0.25, 0.3) is 0 Å². The zero-order chi connectivity index (χ0) is 26.3. The largest absolute Gasteiger partial charge is 0.492 e. The predicted octanol–water partition coefficient (Wildman–Crippen LogP) is 3.89. The second kappa shape index (κ2) is 11.1. The number of alkyl halides is 3. The first-order valence-electron chi connectivity index (χ1n) is 10.5. The summed E-state index contributed by atoms with van der Waals surface area (Å²) < 4.78 is 72.3. The van der Waals surface area contributed by atoms with E-state index in [2.05, 4.69) is 4.72 Å². The molecule has 1 amide bonds. The molecule has 3 aromatic rings. The third kappa shape index (κ3) is 7.47. The van der Waals surface area contributed by atoms with E-state index >= 15 is 0 Å². The molecule has 3 aromatic carbocycles. The Balaban J connectivity index is 1.71. The number of halogens is 3. The number of amidine groups is 1. The van der Waals surface area contributed by atoms with Crippen LogP contribution in [-0.2, 0) is 20.6 Å². The van der Waals surface area contributed by atoms with Crippen molar-refractivity contribution in [2.24, 2.45) is 5.73 Å². The van der Waals surface area contributed by atoms with Crippen molar-refractivity contribution in [3.05, 3.63) is 90.0 Å². The van der Waals surface area contributed by atoms with Crippen molar-refractivity contribution in [2.45, 2.75) is 11.9 Å². The van der Waals surface area contributed by atoms with Gasteiger partial charge in [0.05, 0.1) is 12.3 Å². The van der Waals surface area contributed by atoms with Gasteiger partial charge in [-0.1, -0.05) is 42.5 Å². The highest BCUT2D eigenvalue weighted by molar-refractivity contribution is 7.91. The van der Waals surface area contributed by atoms with Crippen molar-refractivity contribution < 1.29 is 31.1 Å². The molecule has 12 heteroatoms. The molecule has 8 nitrogen and oxygen atoms in total. The number of nitrogens with zero attached hydrogens (tertiary/aromatic N) is 1. The Kier molecular flexibility index (Phi) is 8.20. The lowest BCUT2D eigenvalue weighted by Crippen LogP contribution is -2.43. The molecule has 0 heterocycles. The number of carbonyl (C=O) groups excluding carboxylic acids is 1. The average molecular weight is 521 g/mol. The summed E-state index contributed by atoms with van der Waals surface area (Å²) in [6.07, 6.45) is -5.13. The zero-order valence-electron chi connectivity index (χ0n) is 18.8. The van der Waals surface area contributed by atoms with Crippen molar-refractivity contribution in [2.75, 3.05) is 22.8 Å². The van der Waals surface area contributed by atoms with E-state index in [-0.39, 0.29) is 35.3 Å². The Morgan fingerprint density at radius 2 is 1.67 bits per heavy atom. The fourth-order valence-electron chi connectivity index (χ4n) is 3.23. The van der Waals surface area contributed by atoms with Crippen LogP contribution in [0.15, 0.2) is 78.9 Å². The van der Waals surface area contributed by atoms with Gasteiger partial charge in [-0.2, -0.15) is 13.2 Å². The first kappa shape index (κ1) is 26.5. The summed E-state index contributed by atoms with van der Waals surface area (Å²) in [6, 6.07) is 19.6. The molecule has 190 valence electrons. The van der Waals surface area contributed by atoms with E-state index in [4.69, 9.17) is 15.9 Å². The maximum absolute atomic E-state index is 13.2. The van der Waals surface area contributed by atoms with Crippen molar-refractivity contribution in [3.8, 4) is 5.75 Å². The lowest BCUT2D eigenvalue weighted by molar-refractivity contribution is -0.170. The van der Waals surface area contributed by atoms with Gasteiger partial charge in [-0.15, -0.1) is 0 Å². The average Bonchev–Trinajstić information content (AvgIpc) is 2.82. The maximum atomic E-state index is 13.2. The highest BCUT2D eigenvalue weighted by Gasteiger charge is 2.43. The van der Waals surface area contributed by atoms with E-state index in [0.717, 1.165) is 0 Å². The number of hydrogen-bond donors (Lipinski definition) is 3. The summed E-state index contributed by atoms with van der Waals surface area (Å²) >= 11 is 0. The highest BCUT2D eigenvalue weighted by Crippen LogP contribution is 2.26. The highest BCUT2D eigenvalue weighted by atomic mass is 32.2. The predicted molar refractivity (Wildman–Crippen MR) is 130 cm³/mol. The topological polar surface area (TPSA) is 126 Å². The summed E-state index contributed by atoms with van der Waals surface area (Å²) in [7, 11) is -3.77. The van der Waals surface area contributed by atoms with Gasteiger partial charge in [-0.05, 0) is 42.0 Å². The van der Waals surface area contributed by atoms with Crippen molar-refractivity contribution >= 4 is 33.1 Å².